The van der Waals surface area contributed by atoms with E-state index in [-0.39, 0.29) is 11.4 Å². The average molecular weight is 435 g/mol. The molecule has 3 rings (SSSR count). The van der Waals surface area contributed by atoms with E-state index in [1.165, 1.54) is 17.6 Å². The fourth-order valence-corrected chi connectivity index (χ4v) is 3.51. The molecule has 7 nitrogen and oxygen atoms in total. The fourth-order valence-electron chi connectivity index (χ4n) is 2.16. The van der Waals surface area contributed by atoms with Crippen LogP contribution in [0.3, 0.4) is 0 Å². The van der Waals surface area contributed by atoms with E-state index < -0.39 is 5.91 Å². The molecule has 0 aliphatic carbocycles. The van der Waals surface area contributed by atoms with Crippen molar-refractivity contribution in [1.29, 1.82) is 0 Å². The van der Waals surface area contributed by atoms with Gasteiger partial charge in [0.05, 0.1) is 27.2 Å². The summed E-state index contributed by atoms with van der Waals surface area (Å²) in [6.07, 6.45) is 1.35. The summed E-state index contributed by atoms with van der Waals surface area (Å²) >= 11 is 4.93. The van der Waals surface area contributed by atoms with Gasteiger partial charge >= 0.3 is 0 Å². The number of ether oxygens (including phenoxy) is 1. The van der Waals surface area contributed by atoms with E-state index in [1.807, 2.05) is 19.1 Å². The third-order valence-electron chi connectivity index (χ3n) is 3.35. The lowest BCUT2D eigenvalue weighted by Crippen LogP contribution is -2.18. The summed E-state index contributed by atoms with van der Waals surface area (Å²) in [5, 5.41) is 20.8. The van der Waals surface area contributed by atoms with Gasteiger partial charge in [0.2, 0.25) is 0 Å². The van der Waals surface area contributed by atoms with Crippen LogP contribution in [0.2, 0.25) is 0 Å². The number of carbonyl (C=O) groups is 1. The van der Waals surface area contributed by atoms with E-state index in [2.05, 4.69) is 36.7 Å². The topological polar surface area (TPSA) is 99.6 Å². The molecule has 1 amide bonds. The van der Waals surface area contributed by atoms with Crippen LogP contribution in [0, 0.1) is 0 Å². The molecule has 3 N–H and O–H groups in total. The highest BCUT2D eigenvalue weighted by atomic mass is 79.9. The number of H-pyrrole nitrogens is 1. The third kappa shape index (κ3) is 4.12. The summed E-state index contributed by atoms with van der Waals surface area (Å²) in [6, 6.07) is 10.5. The van der Waals surface area contributed by atoms with Crippen LogP contribution < -0.4 is 10.2 Å². The van der Waals surface area contributed by atoms with Crippen molar-refractivity contribution >= 4 is 39.4 Å². The number of para-hydroxylation sites is 1. The number of hydrogen-bond acceptors (Lipinski definition) is 6. The minimum atomic E-state index is -0.458. The van der Waals surface area contributed by atoms with Gasteiger partial charge in [-0.3, -0.25) is 9.89 Å². The second-order valence-electron chi connectivity index (χ2n) is 5.10. The number of nitrogens with zero attached hydrogens (tertiary/aromatic N) is 2. The van der Waals surface area contributed by atoms with Crippen molar-refractivity contribution < 1.29 is 14.6 Å². The molecule has 3 aromatic rings. The molecule has 0 fully saturated rings. The molecule has 26 heavy (non-hydrogen) atoms. The number of halogens is 1. The van der Waals surface area contributed by atoms with Gasteiger partial charge in [0, 0.05) is 5.56 Å². The summed E-state index contributed by atoms with van der Waals surface area (Å²) in [7, 11) is 0. The molecule has 134 valence electrons. The lowest BCUT2D eigenvalue weighted by Gasteiger charge is -2.06. The van der Waals surface area contributed by atoms with Crippen molar-refractivity contribution in [1.82, 2.24) is 15.6 Å². The van der Waals surface area contributed by atoms with Crippen molar-refractivity contribution in [3.63, 3.8) is 0 Å². The lowest BCUT2D eigenvalue weighted by atomic mass is 10.2. The molecule has 0 radical (unpaired) electrons. The van der Waals surface area contributed by atoms with Crippen molar-refractivity contribution in [3.8, 4) is 22.1 Å². The number of nitrogens with one attached hydrogen (secondary N) is 2. The molecule has 0 saturated heterocycles. The van der Waals surface area contributed by atoms with Crippen LogP contribution in [0.5, 0.6) is 11.5 Å². The molecule has 0 saturated carbocycles. The number of phenolic OH excluding ortho intramolecular Hbond substituents is 1. The molecule has 9 heteroatoms. The molecule has 0 spiro atoms. The molecule has 0 aliphatic heterocycles. The summed E-state index contributed by atoms with van der Waals surface area (Å²) in [6.45, 7) is 2.26. The van der Waals surface area contributed by atoms with Gasteiger partial charge in [0.15, 0.2) is 17.2 Å². The molecule has 0 atom stereocenters. The Kier molecular flexibility index (Phi) is 5.69. The molecule has 1 aromatic carbocycles. The van der Waals surface area contributed by atoms with Gasteiger partial charge in [0.25, 0.3) is 5.91 Å². The number of hydrazone groups is 1. The summed E-state index contributed by atoms with van der Waals surface area (Å²) in [5.74, 6) is -0.126. The smallest absolute Gasteiger partial charge is 0.291 e. The standard InChI is InChI=1S/C17H15BrN4O3S/c1-2-25-13-5-3-4-10(16(13)23)9-19-22-17(24)12-8-11(20-21-12)14-6-7-15(18)26-14/h3-9,23H,2H2,1H3,(H,20,21)(H,22,24). The number of rotatable bonds is 6. The van der Waals surface area contributed by atoms with E-state index >= 15 is 0 Å². The number of carbonyl (C=O) groups excluding carboxylic acids is 1. The number of aromatic nitrogens is 2. The van der Waals surface area contributed by atoms with E-state index in [0.717, 1.165) is 14.4 Å². The number of phenols is 1. The summed E-state index contributed by atoms with van der Waals surface area (Å²) in [4.78, 5) is 13.1. The number of amides is 1. The first kappa shape index (κ1) is 18.2. The van der Waals surface area contributed by atoms with Gasteiger partial charge in [-0.15, -0.1) is 11.3 Å². The maximum absolute atomic E-state index is 12.1. The predicted octanol–water partition coefficient (Wildman–Crippen LogP) is 3.77. The summed E-state index contributed by atoms with van der Waals surface area (Å²) in [5.41, 5.74) is 3.78. The first-order chi connectivity index (χ1) is 12.6. The number of hydrogen-bond donors (Lipinski definition) is 3. The number of aromatic amines is 1. The number of benzene rings is 1. The normalized spacial score (nSPS) is 11.0. The zero-order valence-electron chi connectivity index (χ0n) is 13.7. The van der Waals surface area contributed by atoms with Gasteiger partial charge in [-0.1, -0.05) is 6.07 Å². The number of aromatic hydroxyl groups is 1. The van der Waals surface area contributed by atoms with E-state index in [9.17, 15) is 9.90 Å². The van der Waals surface area contributed by atoms with Crippen molar-refractivity contribution in [2.75, 3.05) is 6.61 Å². The second-order valence-corrected chi connectivity index (χ2v) is 7.56. The molecule has 0 aliphatic rings. The van der Waals surface area contributed by atoms with Crippen molar-refractivity contribution in [2.45, 2.75) is 6.92 Å². The highest BCUT2D eigenvalue weighted by Gasteiger charge is 2.12. The Morgan fingerprint density at radius 2 is 2.31 bits per heavy atom. The fraction of sp³-hybridized carbons (Fsp3) is 0.118. The van der Waals surface area contributed by atoms with Crippen LogP contribution in [0.25, 0.3) is 10.6 Å². The SMILES string of the molecule is CCOc1cccc(C=NNC(=O)c2cc(-c3ccc(Br)s3)[nH]n2)c1O. The van der Waals surface area contributed by atoms with Gasteiger partial charge < -0.3 is 9.84 Å². The monoisotopic (exact) mass is 434 g/mol. The molecule has 2 heterocycles. The largest absolute Gasteiger partial charge is 0.504 e. The van der Waals surface area contributed by atoms with Crippen LogP contribution in [0.15, 0.2) is 45.3 Å². The van der Waals surface area contributed by atoms with E-state index in [4.69, 9.17) is 4.74 Å². The van der Waals surface area contributed by atoms with Gasteiger partial charge in [-0.25, -0.2) is 5.43 Å². The Morgan fingerprint density at radius 3 is 3.04 bits per heavy atom. The quantitative estimate of drug-likeness (QED) is 0.406. The number of thiophene rings is 1. The Morgan fingerprint density at radius 1 is 1.46 bits per heavy atom. The maximum Gasteiger partial charge on any atom is 0.291 e. The lowest BCUT2D eigenvalue weighted by molar-refractivity contribution is 0.0950. The van der Waals surface area contributed by atoms with E-state index in [0.29, 0.717) is 17.9 Å². The van der Waals surface area contributed by atoms with Crippen LogP contribution in [-0.2, 0) is 0 Å². The van der Waals surface area contributed by atoms with Crippen LogP contribution in [-0.4, -0.2) is 34.0 Å². The maximum atomic E-state index is 12.1. The summed E-state index contributed by atoms with van der Waals surface area (Å²) < 4.78 is 6.30. The van der Waals surface area contributed by atoms with Crippen LogP contribution >= 0.6 is 27.3 Å². The molecular formula is C17H15BrN4O3S. The molecule has 0 unspecified atom stereocenters. The third-order valence-corrected chi connectivity index (χ3v) is 5.01. The highest BCUT2D eigenvalue weighted by Crippen LogP contribution is 2.30. The molecule has 0 bridgehead atoms. The predicted molar refractivity (Wildman–Crippen MR) is 104 cm³/mol. The van der Waals surface area contributed by atoms with Crippen LogP contribution in [0.1, 0.15) is 23.0 Å². The van der Waals surface area contributed by atoms with Crippen molar-refractivity contribution in [2.24, 2.45) is 5.10 Å². The minimum Gasteiger partial charge on any atom is -0.504 e. The Hall–Kier alpha value is -2.65. The highest BCUT2D eigenvalue weighted by molar-refractivity contribution is 9.11. The Bertz CT molecular complexity index is 951. The Labute approximate surface area is 161 Å². The average Bonchev–Trinajstić information content (AvgIpc) is 3.27. The van der Waals surface area contributed by atoms with Gasteiger partial charge in [0.1, 0.15) is 0 Å². The van der Waals surface area contributed by atoms with Gasteiger partial charge in [-0.2, -0.15) is 10.2 Å². The Balaban J connectivity index is 1.67. The van der Waals surface area contributed by atoms with Crippen molar-refractivity contribution in [3.05, 3.63) is 51.4 Å². The first-order valence-electron chi connectivity index (χ1n) is 7.67. The zero-order valence-corrected chi connectivity index (χ0v) is 16.1. The van der Waals surface area contributed by atoms with Crippen LogP contribution in [0.4, 0.5) is 0 Å². The minimum absolute atomic E-state index is 0.0299. The second kappa shape index (κ2) is 8.15. The van der Waals surface area contributed by atoms with Gasteiger partial charge in [-0.05, 0) is 53.2 Å². The first-order valence-corrected chi connectivity index (χ1v) is 9.28. The molecular weight excluding hydrogens is 420 g/mol. The zero-order chi connectivity index (χ0) is 18.5. The van der Waals surface area contributed by atoms with E-state index in [1.54, 1.807) is 24.3 Å². The molecule has 2 aromatic heterocycles.